The first-order valence-electron chi connectivity index (χ1n) is 13.3. The third kappa shape index (κ3) is 5.34. The molecule has 4 fully saturated rings. The van der Waals surface area contributed by atoms with Crippen LogP contribution in [0.1, 0.15) is 19.3 Å². The standard InChI is InChI=1S/C23H32Cl3N9O7/c1-12-27-16-13(8-34-15(36)10-32(2)20(34)39)28-17(30-19(38)42-11-21(24,25)26)35-9-14(23(40,41)22(16,35)31-12)29-18(37)33-6-4-3-5-7-33/h13-14,16,27,31,40-41H,1,3-11H2,2H3,(H,29,37)(H,28,30,38)/t13-,14?,16?,22?/m0/s1. The zero-order chi connectivity index (χ0) is 30.6. The maximum absolute atomic E-state index is 13.1. The van der Waals surface area contributed by atoms with Crippen molar-refractivity contribution in [3.63, 3.8) is 0 Å². The van der Waals surface area contributed by atoms with Crippen LogP contribution in [0.5, 0.6) is 0 Å². The number of alkyl carbamates (subject to hydrolysis) is 1. The van der Waals surface area contributed by atoms with Gasteiger partial charge in [0.05, 0.1) is 24.4 Å². The first-order chi connectivity index (χ1) is 19.6. The highest BCUT2D eigenvalue weighted by atomic mass is 35.6. The minimum absolute atomic E-state index is 0.140. The second-order valence-electron chi connectivity index (χ2n) is 10.9. The maximum Gasteiger partial charge on any atom is 0.414 e. The highest BCUT2D eigenvalue weighted by Crippen LogP contribution is 2.45. The molecule has 1 spiro atoms. The van der Waals surface area contributed by atoms with Crippen molar-refractivity contribution in [1.82, 2.24) is 40.9 Å². The van der Waals surface area contributed by atoms with Crippen LogP contribution in [0.25, 0.3) is 0 Å². The van der Waals surface area contributed by atoms with Gasteiger partial charge in [-0.2, -0.15) is 0 Å². The van der Waals surface area contributed by atoms with Crippen molar-refractivity contribution in [3.05, 3.63) is 12.4 Å². The summed E-state index contributed by atoms with van der Waals surface area (Å²) >= 11 is 17.1. The molecule has 19 heteroatoms. The van der Waals surface area contributed by atoms with E-state index in [1.807, 2.05) is 0 Å². The van der Waals surface area contributed by atoms with Crippen LogP contribution in [0.2, 0.25) is 0 Å². The summed E-state index contributed by atoms with van der Waals surface area (Å²) in [5.41, 5.74) is -1.88. The molecule has 0 saturated carbocycles. The molecule has 5 heterocycles. The number of halogens is 3. The van der Waals surface area contributed by atoms with Crippen LogP contribution < -0.4 is 21.3 Å². The van der Waals surface area contributed by atoms with Gasteiger partial charge in [-0.05, 0) is 19.3 Å². The number of likely N-dealkylation sites (tertiary alicyclic amines) is 1. The minimum Gasteiger partial charge on any atom is -0.445 e. The summed E-state index contributed by atoms with van der Waals surface area (Å²) in [6, 6.07) is -4.38. The summed E-state index contributed by atoms with van der Waals surface area (Å²) in [6.45, 7) is 3.67. The number of imide groups is 1. The molecule has 0 aliphatic carbocycles. The van der Waals surface area contributed by atoms with E-state index < -0.39 is 64.0 Å². The first-order valence-corrected chi connectivity index (χ1v) is 14.4. The van der Waals surface area contributed by atoms with Crippen molar-refractivity contribution in [2.24, 2.45) is 4.99 Å². The van der Waals surface area contributed by atoms with Gasteiger partial charge >= 0.3 is 18.2 Å². The molecule has 42 heavy (non-hydrogen) atoms. The number of piperidine rings is 1. The number of aliphatic imine (C=N–C) groups is 1. The monoisotopic (exact) mass is 651 g/mol. The van der Waals surface area contributed by atoms with E-state index in [1.54, 1.807) is 4.90 Å². The van der Waals surface area contributed by atoms with Crippen LogP contribution in [0, 0.1) is 0 Å². The van der Waals surface area contributed by atoms with Gasteiger partial charge in [-0.1, -0.05) is 41.4 Å². The fraction of sp³-hybridized carbons (Fsp3) is 0.696. The summed E-state index contributed by atoms with van der Waals surface area (Å²) in [6.07, 6.45) is 1.57. The minimum atomic E-state index is -2.70. The summed E-state index contributed by atoms with van der Waals surface area (Å²) in [7, 11) is 1.47. The summed E-state index contributed by atoms with van der Waals surface area (Å²) in [5.74, 6) is -3.21. The third-order valence-corrected chi connectivity index (χ3v) is 8.34. The van der Waals surface area contributed by atoms with E-state index >= 15 is 0 Å². The van der Waals surface area contributed by atoms with Gasteiger partial charge in [0.15, 0.2) is 5.66 Å². The Hall–Kier alpha value is -2.92. The molecular weight excluding hydrogens is 621 g/mol. The molecule has 232 valence electrons. The van der Waals surface area contributed by atoms with Crippen molar-refractivity contribution < 1.29 is 34.1 Å². The lowest BCUT2D eigenvalue weighted by Gasteiger charge is -2.49. The van der Waals surface area contributed by atoms with Gasteiger partial charge in [-0.15, -0.1) is 0 Å². The number of carbonyl (C=O) groups is 4. The van der Waals surface area contributed by atoms with E-state index in [9.17, 15) is 29.4 Å². The van der Waals surface area contributed by atoms with Crippen LogP contribution in [0.3, 0.4) is 0 Å². The van der Waals surface area contributed by atoms with E-state index in [-0.39, 0.29) is 31.4 Å². The fourth-order valence-electron chi connectivity index (χ4n) is 6.08. The first kappa shape index (κ1) is 30.5. The van der Waals surface area contributed by atoms with Gasteiger partial charge in [-0.25, -0.2) is 19.4 Å². The SMILES string of the molecule is C=C1NC2[C@H](CN3C(=O)CN(C)C3=O)N=C(NC(=O)OCC(Cl)(Cl)Cl)N3CC(NC(=O)N4CCCCC4)C(O)(O)C23N1. The topological polar surface area (TPSA) is 191 Å². The smallest absolute Gasteiger partial charge is 0.414 e. The second kappa shape index (κ2) is 11.0. The fourth-order valence-corrected chi connectivity index (χ4v) is 6.24. The number of ether oxygens (including phenoxy) is 1. The third-order valence-electron chi connectivity index (χ3n) is 8.01. The molecule has 5 aliphatic rings. The van der Waals surface area contributed by atoms with Gasteiger partial charge in [-0.3, -0.25) is 15.0 Å². The predicted octanol–water partition coefficient (Wildman–Crippen LogP) is -0.995. The Balaban J connectivity index is 1.49. The molecule has 4 atom stereocenters. The lowest BCUT2D eigenvalue weighted by molar-refractivity contribution is -0.231. The summed E-state index contributed by atoms with van der Waals surface area (Å²) in [4.78, 5) is 60.9. The van der Waals surface area contributed by atoms with Gasteiger partial charge in [0.2, 0.25) is 21.4 Å². The van der Waals surface area contributed by atoms with Gasteiger partial charge < -0.3 is 45.6 Å². The molecule has 16 nitrogen and oxygen atoms in total. The number of aliphatic hydroxyl groups is 2. The van der Waals surface area contributed by atoms with E-state index in [4.69, 9.17) is 39.5 Å². The Kier molecular flexibility index (Phi) is 7.98. The van der Waals surface area contributed by atoms with Gasteiger partial charge in [0.1, 0.15) is 19.2 Å². The van der Waals surface area contributed by atoms with Crippen LogP contribution in [0.4, 0.5) is 14.4 Å². The number of rotatable bonds is 4. The maximum atomic E-state index is 13.1. The number of nitrogens with one attached hydrogen (secondary N) is 4. The number of hydrogen-bond acceptors (Lipinski definition) is 11. The Morgan fingerprint density at radius 1 is 1.21 bits per heavy atom. The second-order valence-corrected chi connectivity index (χ2v) is 13.4. The molecule has 5 rings (SSSR count). The van der Waals surface area contributed by atoms with Crippen molar-refractivity contribution in [1.29, 1.82) is 0 Å². The highest BCUT2D eigenvalue weighted by Gasteiger charge is 2.74. The van der Waals surface area contributed by atoms with Crippen molar-refractivity contribution in [2.75, 3.05) is 46.4 Å². The molecule has 0 aromatic rings. The molecule has 0 aromatic heterocycles. The average molecular weight is 653 g/mol. The number of guanidine groups is 1. The number of hydrogen-bond donors (Lipinski definition) is 6. The highest BCUT2D eigenvalue weighted by molar-refractivity contribution is 6.67. The Morgan fingerprint density at radius 3 is 2.52 bits per heavy atom. The van der Waals surface area contributed by atoms with Crippen LogP contribution in [-0.4, -0.2) is 140 Å². The molecule has 6 N–H and O–H groups in total. The zero-order valence-corrected chi connectivity index (χ0v) is 24.9. The van der Waals surface area contributed by atoms with Gasteiger partial charge in [0.25, 0.3) is 0 Å². The molecule has 0 bridgehead atoms. The van der Waals surface area contributed by atoms with Crippen molar-refractivity contribution in [2.45, 2.75) is 52.6 Å². The number of likely N-dealkylation sites (N-methyl/N-ethyl adjacent to an activating group) is 1. The molecule has 0 radical (unpaired) electrons. The molecular formula is C23H32Cl3N9O7. The van der Waals surface area contributed by atoms with E-state index in [0.29, 0.717) is 13.1 Å². The van der Waals surface area contributed by atoms with Crippen LogP contribution >= 0.6 is 34.8 Å². The molecule has 5 aliphatic heterocycles. The normalized spacial score (nSPS) is 30.4. The summed E-state index contributed by atoms with van der Waals surface area (Å²) in [5, 5.41) is 34.8. The number of amides is 6. The number of alkyl halides is 3. The Morgan fingerprint density at radius 2 is 1.90 bits per heavy atom. The summed E-state index contributed by atoms with van der Waals surface area (Å²) < 4.78 is 3.09. The van der Waals surface area contributed by atoms with E-state index in [1.165, 1.54) is 16.8 Å². The van der Waals surface area contributed by atoms with E-state index in [0.717, 1.165) is 24.2 Å². The predicted molar refractivity (Wildman–Crippen MR) is 149 cm³/mol. The van der Waals surface area contributed by atoms with Crippen molar-refractivity contribution >= 4 is 64.8 Å². The Bertz CT molecular complexity index is 1210. The number of nitrogens with zero attached hydrogens (tertiary/aromatic N) is 5. The Labute approximate surface area is 255 Å². The zero-order valence-electron chi connectivity index (χ0n) is 22.6. The molecule has 3 unspecified atom stereocenters. The van der Waals surface area contributed by atoms with E-state index in [2.05, 4.69) is 32.8 Å². The van der Waals surface area contributed by atoms with Crippen molar-refractivity contribution in [3.8, 4) is 0 Å². The average Bonchev–Trinajstić information content (AvgIpc) is 3.48. The largest absolute Gasteiger partial charge is 0.445 e. The van der Waals surface area contributed by atoms with Gasteiger partial charge in [0, 0.05) is 26.7 Å². The molecule has 0 aromatic carbocycles. The van der Waals surface area contributed by atoms with Crippen LogP contribution in [-0.2, 0) is 9.53 Å². The molecule has 4 saturated heterocycles. The number of carbonyl (C=O) groups excluding carboxylic acids is 4. The lowest BCUT2D eigenvalue weighted by atomic mass is 9.85. The lowest BCUT2D eigenvalue weighted by Crippen LogP contribution is -2.78. The number of urea groups is 2. The molecule has 6 amide bonds. The quantitative estimate of drug-likeness (QED) is 0.125. The van der Waals surface area contributed by atoms with Crippen LogP contribution in [0.15, 0.2) is 17.4 Å².